The molecule has 0 bridgehead atoms. The third-order valence-corrected chi connectivity index (χ3v) is 3.31. The second-order valence-corrected chi connectivity index (χ2v) is 5.63. The van der Waals surface area contributed by atoms with Crippen LogP contribution in [0.4, 0.5) is 18.9 Å². The number of carbonyl (C=O) groups is 1. The molecule has 106 valence electrons. The molecule has 2 nitrogen and oxygen atoms in total. The number of carbonyl (C=O) groups excluding carboxylic acids is 1. The SMILES string of the molecule is O=C(CCCCBr)Nc1cc(Br)cc(C(F)(F)F)c1. The average Bonchev–Trinajstić information content (AvgIpc) is 2.27. The molecule has 0 atom stereocenters. The summed E-state index contributed by atoms with van der Waals surface area (Å²) in [5.41, 5.74) is -0.650. The van der Waals surface area contributed by atoms with Crippen LogP contribution in [0.2, 0.25) is 0 Å². The maximum absolute atomic E-state index is 12.6. The molecule has 0 saturated carbocycles. The van der Waals surface area contributed by atoms with Gasteiger partial charge in [-0.05, 0) is 31.0 Å². The van der Waals surface area contributed by atoms with E-state index in [2.05, 4.69) is 37.2 Å². The molecule has 1 aromatic rings. The number of hydrogen-bond acceptors (Lipinski definition) is 1. The molecule has 0 aliphatic heterocycles. The standard InChI is InChI=1S/C12H12Br2F3NO/c13-4-2-1-3-11(19)18-10-6-8(12(15,16)17)5-9(14)7-10/h5-7H,1-4H2,(H,18,19). The third kappa shape index (κ3) is 5.95. The second kappa shape index (κ2) is 7.28. The summed E-state index contributed by atoms with van der Waals surface area (Å²) in [6, 6.07) is 3.34. The van der Waals surface area contributed by atoms with Gasteiger partial charge in [-0.2, -0.15) is 13.2 Å². The zero-order valence-electron chi connectivity index (χ0n) is 9.86. The van der Waals surface area contributed by atoms with Gasteiger partial charge < -0.3 is 5.32 Å². The highest BCUT2D eigenvalue weighted by molar-refractivity contribution is 9.10. The predicted molar refractivity (Wildman–Crippen MR) is 75.4 cm³/mol. The van der Waals surface area contributed by atoms with E-state index in [-0.39, 0.29) is 16.1 Å². The Bertz CT molecular complexity index is 449. The largest absolute Gasteiger partial charge is 0.416 e. The number of anilines is 1. The van der Waals surface area contributed by atoms with E-state index in [0.29, 0.717) is 12.8 Å². The van der Waals surface area contributed by atoms with Crippen molar-refractivity contribution in [3.05, 3.63) is 28.2 Å². The zero-order chi connectivity index (χ0) is 14.5. The van der Waals surface area contributed by atoms with Gasteiger partial charge in [-0.3, -0.25) is 4.79 Å². The predicted octanol–water partition coefficient (Wildman–Crippen LogP) is 4.97. The molecule has 1 rings (SSSR count). The fourth-order valence-electron chi connectivity index (χ4n) is 1.43. The molecule has 19 heavy (non-hydrogen) atoms. The lowest BCUT2D eigenvalue weighted by Crippen LogP contribution is -2.12. The smallest absolute Gasteiger partial charge is 0.326 e. The normalized spacial score (nSPS) is 11.4. The highest BCUT2D eigenvalue weighted by Gasteiger charge is 2.31. The molecule has 0 radical (unpaired) electrons. The monoisotopic (exact) mass is 401 g/mol. The van der Waals surface area contributed by atoms with Crippen molar-refractivity contribution >= 4 is 43.5 Å². The van der Waals surface area contributed by atoms with Gasteiger partial charge in [-0.1, -0.05) is 31.9 Å². The van der Waals surface area contributed by atoms with E-state index in [9.17, 15) is 18.0 Å². The Morgan fingerprint density at radius 3 is 2.47 bits per heavy atom. The van der Waals surface area contributed by atoms with Crippen molar-refractivity contribution in [2.75, 3.05) is 10.6 Å². The Kier molecular flexibility index (Phi) is 6.32. The van der Waals surface area contributed by atoms with Gasteiger partial charge in [0, 0.05) is 21.9 Å². The highest BCUT2D eigenvalue weighted by atomic mass is 79.9. The molecular weight excluding hydrogens is 391 g/mol. The molecule has 7 heteroatoms. The molecular formula is C12H12Br2F3NO. The van der Waals surface area contributed by atoms with Crippen molar-refractivity contribution in [2.24, 2.45) is 0 Å². The van der Waals surface area contributed by atoms with Crippen LogP contribution in [-0.2, 0) is 11.0 Å². The lowest BCUT2D eigenvalue weighted by atomic mass is 10.2. The summed E-state index contributed by atoms with van der Waals surface area (Å²) in [5.74, 6) is -0.285. The third-order valence-electron chi connectivity index (χ3n) is 2.30. The van der Waals surface area contributed by atoms with Gasteiger partial charge in [0.15, 0.2) is 0 Å². The number of rotatable bonds is 5. The van der Waals surface area contributed by atoms with Crippen LogP contribution in [0.25, 0.3) is 0 Å². The second-order valence-electron chi connectivity index (χ2n) is 3.92. The van der Waals surface area contributed by atoms with E-state index >= 15 is 0 Å². The van der Waals surface area contributed by atoms with Crippen molar-refractivity contribution in [2.45, 2.75) is 25.4 Å². The van der Waals surface area contributed by atoms with Crippen LogP contribution in [0, 0.1) is 0 Å². The quantitative estimate of drug-likeness (QED) is 0.546. The van der Waals surface area contributed by atoms with Gasteiger partial charge in [0.05, 0.1) is 5.56 Å². The first-order valence-electron chi connectivity index (χ1n) is 5.56. The minimum absolute atomic E-state index is 0.144. The molecule has 0 aliphatic carbocycles. The first kappa shape index (κ1) is 16.5. The summed E-state index contributed by atoms with van der Waals surface area (Å²) in [6.07, 6.45) is -2.60. The maximum atomic E-state index is 12.6. The average molecular weight is 403 g/mol. The summed E-state index contributed by atoms with van der Waals surface area (Å²) in [7, 11) is 0. The van der Waals surface area contributed by atoms with Crippen LogP contribution in [0.15, 0.2) is 22.7 Å². The van der Waals surface area contributed by atoms with Crippen molar-refractivity contribution < 1.29 is 18.0 Å². The van der Waals surface area contributed by atoms with Gasteiger partial charge in [0.1, 0.15) is 0 Å². The number of alkyl halides is 4. The number of halogens is 5. The first-order valence-corrected chi connectivity index (χ1v) is 7.48. The van der Waals surface area contributed by atoms with Crippen LogP contribution in [0.1, 0.15) is 24.8 Å². The molecule has 0 spiro atoms. The van der Waals surface area contributed by atoms with E-state index in [0.717, 1.165) is 23.9 Å². The Morgan fingerprint density at radius 1 is 1.21 bits per heavy atom. The van der Waals surface area contributed by atoms with Crippen LogP contribution in [0.5, 0.6) is 0 Å². The lowest BCUT2D eigenvalue weighted by Gasteiger charge is -2.11. The van der Waals surface area contributed by atoms with Crippen LogP contribution >= 0.6 is 31.9 Å². The Labute approximate surface area is 126 Å². The van der Waals surface area contributed by atoms with Gasteiger partial charge in [0.2, 0.25) is 5.91 Å². The maximum Gasteiger partial charge on any atom is 0.416 e. The molecule has 0 heterocycles. The van der Waals surface area contributed by atoms with E-state index in [1.165, 1.54) is 6.07 Å². The molecule has 0 fully saturated rings. The van der Waals surface area contributed by atoms with Crippen LogP contribution in [-0.4, -0.2) is 11.2 Å². The number of nitrogens with one attached hydrogen (secondary N) is 1. The first-order chi connectivity index (χ1) is 8.82. The van der Waals surface area contributed by atoms with E-state index in [1.54, 1.807) is 0 Å². The molecule has 0 aliphatic rings. The molecule has 0 aromatic heterocycles. The van der Waals surface area contributed by atoms with Gasteiger partial charge >= 0.3 is 6.18 Å². The molecule has 0 saturated heterocycles. The molecule has 1 N–H and O–H groups in total. The molecule has 1 amide bonds. The number of unbranched alkanes of at least 4 members (excludes halogenated alkanes) is 1. The van der Waals surface area contributed by atoms with Crippen molar-refractivity contribution in [3.8, 4) is 0 Å². The molecule has 1 aromatic carbocycles. The minimum Gasteiger partial charge on any atom is -0.326 e. The molecule has 0 unspecified atom stereocenters. The Morgan fingerprint density at radius 2 is 1.89 bits per heavy atom. The highest BCUT2D eigenvalue weighted by Crippen LogP contribution is 2.33. The number of amides is 1. The van der Waals surface area contributed by atoms with Crippen LogP contribution in [0.3, 0.4) is 0 Å². The van der Waals surface area contributed by atoms with Crippen molar-refractivity contribution in [1.29, 1.82) is 0 Å². The van der Waals surface area contributed by atoms with E-state index < -0.39 is 11.7 Å². The van der Waals surface area contributed by atoms with Gasteiger partial charge in [-0.15, -0.1) is 0 Å². The summed E-state index contributed by atoms with van der Waals surface area (Å²) in [6.45, 7) is 0. The Hall–Kier alpha value is -0.560. The van der Waals surface area contributed by atoms with Crippen molar-refractivity contribution in [1.82, 2.24) is 0 Å². The van der Waals surface area contributed by atoms with Gasteiger partial charge in [0.25, 0.3) is 0 Å². The number of hydrogen-bond donors (Lipinski definition) is 1. The number of benzene rings is 1. The van der Waals surface area contributed by atoms with Gasteiger partial charge in [-0.25, -0.2) is 0 Å². The van der Waals surface area contributed by atoms with E-state index in [1.807, 2.05) is 0 Å². The lowest BCUT2D eigenvalue weighted by molar-refractivity contribution is -0.137. The minimum atomic E-state index is -4.43. The van der Waals surface area contributed by atoms with Crippen LogP contribution < -0.4 is 5.32 Å². The Balaban J connectivity index is 2.73. The summed E-state index contributed by atoms with van der Waals surface area (Å²) < 4.78 is 38.1. The summed E-state index contributed by atoms with van der Waals surface area (Å²) in [5, 5.41) is 3.27. The zero-order valence-corrected chi connectivity index (χ0v) is 13.0. The summed E-state index contributed by atoms with van der Waals surface area (Å²) in [4.78, 5) is 11.5. The fraction of sp³-hybridized carbons (Fsp3) is 0.417. The van der Waals surface area contributed by atoms with E-state index in [4.69, 9.17) is 0 Å². The topological polar surface area (TPSA) is 29.1 Å². The summed E-state index contributed by atoms with van der Waals surface area (Å²) >= 11 is 6.25. The fourth-order valence-corrected chi connectivity index (χ4v) is 2.32. The van der Waals surface area contributed by atoms with Crippen molar-refractivity contribution in [3.63, 3.8) is 0 Å².